The number of nitro groups is 1. The van der Waals surface area contributed by atoms with E-state index in [1.807, 2.05) is 0 Å². The number of hydrogen-bond acceptors (Lipinski definition) is 5. The molecule has 1 heterocycles. The maximum Gasteiger partial charge on any atom is 0.270 e. The number of non-ortho nitro benzene ring substituents is 1. The molecular weight excluding hydrogens is 272 g/mol. The van der Waals surface area contributed by atoms with E-state index in [1.165, 1.54) is 19.1 Å². The van der Waals surface area contributed by atoms with Gasteiger partial charge in [0.15, 0.2) is 5.78 Å². The second-order valence-electron chi connectivity index (χ2n) is 5.62. The van der Waals surface area contributed by atoms with Gasteiger partial charge in [0.2, 0.25) is 0 Å². The summed E-state index contributed by atoms with van der Waals surface area (Å²) in [5, 5.41) is 10.9. The number of Topliss-reactive ketones (excluding diaryl/α,β-unsaturated/α-hetero) is 1. The summed E-state index contributed by atoms with van der Waals surface area (Å²) in [4.78, 5) is 24.5. The zero-order valence-electron chi connectivity index (χ0n) is 11.9. The predicted molar refractivity (Wildman–Crippen MR) is 77.8 cm³/mol. The largest absolute Gasteiger partial charge is 0.374 e. The maximum absolute atomic E-state index is 11.9. The third-order valence-corrected chi connectivity index (χ3v) is 4.36. The number of fused-ring (bicyclic) bond motifs is 1. The average Bonchev–Trinajstić information content (AvgIpc) is 2.94. The molecule has 0 spiro atoms. The molecule has 2 aliphatic rings. The van der Waals surface area contributed by atoms with Crippen molar-refractivity contribution in [3.05, 3.63) is 33.9 Å². The minimum atomic E-state index is -0.464. The molecule has 1 saturated carbocycles. The molecule has 2 unspecified atom stereocenters. The molecule has 6 heteroatoms. The first-order chi connectivity index (χ1) is 10.1. The number of rotatable bonds is 3. The van der Waals surface area contributed by atoms with E-state index in [2.05, 4.69) is 4.90 Å². The number of nitro benzene ring substituents is 1. The Bertz CT molecular complexity index is 587. The van der Waals surface area contributed by atoms with Gasteiger partial charge in [-0.2, -0.15) is 0 Å². The maximum atomic E-state index is 11.9. The van der Waals surface area contributed by atoms with Gasteiger partial charge in [-0.05, 0) is 32.3 Å². The van der Waals surface area contributed by atoms with E-state index in [0.29, 0.717) is 12.2 Å². The number of ketones is 1. The fourth-order valence-electron chi connectivity index (χ4n) is 3.39. The van der Waals surface area contributed by atoms with E-state index >= 15 is 0 Å². The van der Waals surface area contributed by atoms with Gasteiger partial charge in [0.1, 0.15) is 0 Å². The summed E-state index contributed by atoms with van der Waals surface area (Å²) >= 11 is 0. The predicted octanol–water partition coefficient (Wildman–Crippen LogP) is 2.56. The smallest absolute Gasteiger partial charge is 0.270 e. The highest BCUT2D eigenvalue weighted by molar-refractivity contribution is 6.00. The Hall–Kier alpha value is -1.95. The molecule has 0 N–H and O–H groups in total. The third kappa shape index (κ3) is 2.51. The zero-order chi connectivity index (χ0) is 15.0. The zero-order valence-corrected chi connectivity index (χ0v) is 11.9. The summed E-state index contributed by atoms with van der Waals surface area (Å²) in [5.74, 6) is -0.144. The van der Waals surface area contributed by atoms with Crippen LogP contribution in [0.25, 0.3) is 0 Å². The third-order valence-electron chi connectivity index (χ3n) is 4.36. The molecule has 1 aromatic rings. The van der Waals surface area contributed by atoms with Crippen LogP contribution in [0.1, 0.15) is 36.5 Å². The number of ether oxygens (including phenoxy) is 1. The molecule has 2 fully saturated rings. The van der Waals surface area contributed by atoms with Crippen LogP contribution in [0.4, 0.5) is 11.4 Å². The van der Waals surface area contributed by atoms with Crippen LogP contribution in [0.3, 0.4) is 0 Å². The highest BCUT2D eigenvalue weighted by atomic mass is 16.6. The average molecular weight is 290 g/mol. The number of benzene rings is 1. The Labute approximate surface area is 122 Å². The number of carbonyl (C=O) groups is 1. The lowest BCUT2D eigenvalue weighted by Gasteiger charge is -2.40. The van der Waals surface area contributed by atoms with Crippen LogP contribution in [0.5, 0.6) is 0 Å². The normalized spacial score (nSPS) is 24.7. The Kier molecular flexibility index (Phi) is 3.63. The van der Waals surface area contributed by atoms with Crippen LogP contribution in [0.15, 0.2) is 18.2 Å². The summed E-state index contributed by atoms with van der Waals surface area (Å²) in [6.07, 6.45) is 3.42. The van der Waals surface area contributed by atoms with Crippen molar-refractivity contribution in [1.82, 2.24) is 0 Å². The lowest BCUT2D eigenvalue weighted by Crippen LogP contribution is -2.49. The molecule has 0 bridgehead atoms. The molecule has 3 rings (SSSR count). The molecule has 0 aromatic heterocycles. The summed E-state index contributed by atoms with van der Waals surface area (Å²) in [6.45, 7) is 2.81. The Morgan fingerprint density at radius 1 is 1.43 bits per heavy atom. The molecular formula is C15H18N2O4. The van der Waals surface area contributed by atoms with Crippen LogP contribution < -0.4 is 4.90 Å². The molecule has 6 nitrogen and oxygen atoms in total. The SMILES string of the molecule is CC(=O)c1cc([N+](=O)[O-])ccc1N1CCOC2CCCC21. The molecule has 1 aliphatic heterocycles. The van der Waals surface area contributed by atoms with Crippen LogP contribution in [-0.2, 0) is 4.74 Å². The first-order valence-electron chi connectivity index (χ1n) is 7.25. The van der Waals surface area contributed by atoms with Crippen LogP contribution in [0.2, 0.25) is 0 Å². The summed E-state index contributed by atoms with van der Waals surface area (Å²) in [5.41, 5.74) is 1.19. The summed E-state index contributed by atoms with van der Waals surface area (Å²) in [6, 6.07) is 4.84. The number of nitrogens with zero attached hydrogens (tertiary/aromatic N) is 2. The second kappa shape index (κ2) is 5.44. The van der Waals surface area contributed by atoms with E-state index in [1.54, 1.807) is 6.07 Å². The van der Waals surface area contributed by atoms with Crippen molar-refractivity contribution in [2.45, 2.75) is 38.3 Å². The van der Waals surface area contributed by atoms with Crippen molar-refractivity contribution in [2.24, 2.45) is 0 Å². The van der Waals surface area contributed by atoms with Crippen LogP contribution >= 0.6 is 0 Å². The first-order valence-corrected chi connectivity index (χ1v) is 7.25. The first kappa shape index (κ1) is 14.0. The van der Waals surface area contributed by atoms with Gasteiger partial charge in [-0.25, -0.2) is 0 Å². The molecule has 0 radical (unpaired) electrons. The van der Waals surface area contributed by atoms with Gasteiger partial charge in [0.05, 0.1) is 23.7 Å². The van der Waals surface area contributed by atoms with Crippen molar-refractivity contribution < 1.29 is 14.5 Å². The topological polar surface area (TPSA) is 72.7 Å². The van der Waals surface area contributed by atoms with Crippen molar-refractivity contribution in [3.63, 3.8) is 0 Å². The highest BCUT2D eigenvalue weighted by Crippen LogP contribution is 2.35. The number of anilines is 1. The van der Waals surface area contributed by atoms with E-state index in [9.17, 15) is 14.9 Å². The highest BCUT2D eigenvalue weighted by Gasteiger charge is 2.37. The van der Waals surface area contributed by atoms with Crippen molar-refractivity contribution >= 4 is 17.2 Å². The fourth-order valence-corrected chi connectivity index (χ4v) is 3.39. The van der Waals surface area contributed by atoms with E-state index in [0.717, 1.165) is 31.5 Å². The molecule has 1 aromatic carbocycles. The lowest BCUT2D eigenvalue weighted by molar-refractivity contribution is -0.384. The van der Waals surface area contributed by atoms with Crippen LogP contribution in [0, 0.1) is 10.1 Å². The van der Waals surface area contributed by atoms with Gasteiger partial charge >= 0.3 is 0 Å². The molecule has 112 valence electrons. The molecule has 0 amide bonds. The van der Waals surface area contributed by atoms with Crippen LogP contribution in [-0.4, -0.2) is 36.0 Å². The minimum absolute atomic E-state index is 0.0415. The van der Waals surface area contributed by atoms with Gasteiger partial charge in [0, 0.05) is 29.9 Å². The van der Waals surface area contributed by atoms with Gasteiger partial charge in [-0.3, -0.25) is 14.9 Å². The van der Waals surface area contributed by atoms with Gasteiger partial charge < -0.3 is 9.64 Å². The minimum Gasteiger partial charge on any atom is -0.374 e. The Morgan fingerprint density at radius 2 is 2.24 bits per heavy atom. The van der Waals surface area contributed by atoms with E-state index in [-0.39, 0.29) is 23.6 Å². The van der Waals surface area contributed by atoms with E-state index in [4.69, 9.17) is 4.74 Å². The number of carbonyl (C=O) groups excluding carboxylic acids is 1. The van der Waals surface area contributed by atoms with Gasteiger partial charge in [0.25, 0.3) is 5.69 Å². The Morgan fingerprint density at radius 3 is 2.95 bits per heavy atom. The van der Waals surface area contributed by atoms with Gasteiger partial charge in [-0.1, -0.05) is 0 Å². The molecule has 1 saturated heterocycles. The molecule has 1 aliphatic carbocycles. The standard InChI is InChI=1S/C15H18N2O4/c1-10(18)12-9-11(17(19)20)5-6-13(12)16-7-8-21-15-4-2-3-14(15)16/h5-6,9,14-15H,2-4,7-8H2,1H3. The Balaban J connectivity index is 2.00. The van der Waals surface area contributed by atoms with Crippen molar-refractivity contribution in [3.8, 4) is 0 Å². The van der Waals surface area contributed by atoms with Crippen molar-refractivity contribution in [2.75, 3.05) is 18.1 Å². The molecule has 21 heavy (non-hydrogen) atoms. The van der Waals surface area contributed by atoms with Crippen molar-refractivity contribution in [1.29, 1.82) is 0 Å². The quantitative estimate of drug-likeness (QED) is 0.486. The summed E-state index contributed by atoms with van der Waals surface area (Å²) < 4.78 is 5.78. The second-order valence-corrected chi connectivity index (χ2v) is 5.62. The summed E-state index contributed by atoms with van der Waals surface area (Å²) in [7, 11) is 0. The lowest BCUT2D eigenvalue weighted by atomic mass is 10.0. The molecule has 2 atom stereocenters. The van der Waals surface area contributed by atoms with E-state index < -0.39 is 4.92 Å². The van der Waals surface area contributed by atoms with Gasteiger partial charge in [-0.15, -0.1) is 0 Å². The number of hydrogen-bond donors (Lipinski definition) is 0. The monoisotopic (exact) mass is 290 g/mol. The number of morpholine rings is 1. The fraction of sp³-hybridized carbons (Fsp3) is 0.533.